The molecule has 0 heterocycles. The Kier molecular flexibility index (Phi) is 5.01. The minimum Gasteiger partial charge on any atom is -0.267 e. The fraction of sp³-hybridized carbons (Fsp3) is 0.300. The molecule has 70 valence electrons. The third-order valence-electron chi connectivity index (χ3n) is 1.58. The molecule has 0 aromatic heterocycles. The Hall–Kier alpha value is -0.410. The van der Waals surface area contributed by atoms with Crippen LogP contribution in [0, 0.1) is 0 Å². The van der Waals surface area contributed by atoms with Gasteiger partial charge in [0.25, 0.3) is 0 Å². The van der Waals surface area contributed by atoms with Crippen LogP contribution >= 0.6 is 23.5 Å². The van der Waals surface area contributed by atoms with Gasteiger partial charge in [0.1, 0.15) is 4.38 Å². The minimum absolute atomic E-state index is 0.790. The van der Waals surface area contributed by atoms with E-state index < -0.39 is 0 Å². The molecule has 1 aromatic carbocycles. The summed E-state index contributed by atoms with van der Waals surface area (Å²) in [4.78, 5) is 4.47. The second-order valence-corrected chi connectivity index (χ2v) is 4.32. The van der Waals surface area contributed by atoms with E-state index in [0.717, 1.165) is 10.9 Å². The molecule has 0 amide bonds. The minimum atomic E-state index is 0.790. The Bertz CT molecular complexity index is 264. The van der Waals surface area contributed by atoms with Crippen LogP contribution in [0.25, 0.3) is 0 Å². The largest absolute Gasteiger partial charge is 0.267 e. The van der Waals surface area contributed by atoms with Gasteiger partial charge in [-0.05, 0) is 18.1 Å². The molecule has 0 saturated carbocycles. The SMILES string of the molecule is CSC(=NCc1ccccc1)SC. The number of hydrogen-bond acceptors (Lipinski definition) is 3. The van der Waals surface area contributed by atoms with Crippen LogP contribution in [-0.4, -0.2) is 16.9 Å². The highest BCUT2D eigenvalue weighted by Crippen LogP contribution is 2.12. The molecule has 1 aromatic rings. The van der Waals surface area contributed by atoms with Crippen LogP contribution in [0.15, 0.2) is 35.3 Å². The second kappa shape index (κ2) is 6.11. The van der Waals surface area contributed by atoms with Gasteiger partial charge in [-0.15, -0.1) is 23.5 Å². The lowest BCUT2D eigenvalue weighted by Crippen LogP contribution is -1.86. The average Bonchev–Trinajstić information content (AvgIpc) is 2.21. The van der Waals surface area contributed by atoms with Crippen LogP contribution in [0.1, 0.15) is 5.56 Å². The van der Waals surface area contributed by atoms with Crippen molar-refractivity contribution in [2.45, 2.75) is 6.54 Å². The maximum atomic E-state index is 4.47. The van der Waals surface area contributed by atoms with Crippen LogP contribution in [0.3, 0.4) is 0 Å². The molecule has 0 atom stereocenters. The molecule has 13 heavy (non-hydrogen) atoms. The van der Waals surface area contributed by atoms with Crippen molar-refractivity contribution in [2.75, 3.05) is 12.5 Å². The second-order valence-electron chi connectivity index (χ2n) is 2.48. The number of nitrogens with zero attached hydrogens (tertiary/aromatic N) is 1. The highest BCUT2D eigenvalue weighted by atomic mass is 32.2. The summed E-state index contributed by atoms with van der Waals surface area (Å²) in [7, 11) is 0. The predicted molar refractivity (Wildman–Crippen MR) is 64.6 cm³/mol. The van der Waals surface area contributed by atoms with Gasteiger partial charge in [-0.3, -0.25) is 4.99 Å². The predicted octanol–water partition coefficient (Wildman–Crippen LogP) is 3.27. The summed E-state index contributed by atoms with van der Waals surface area (Å²) in [5.74, 6) is 0. The van der Waals surface area contributed by atoms with Crippen LogP contribution in [0.5, 0.6) is 0 Å². The lowest BCUT2D eigenvalue weighted by atomic mass is 10.2. The molecule has 1 rings (SSSR count). The van der Waals surface area contributed by atoms with Crippen LogP contribution < -0.4 is 0 Å². The highest BCUT2D eigenvalue weighted by Gasteiger charge is 1.93. The average molecular weight is 211 g/mol. The monoisotopic (exact) mass is 211 g/mol. The van der Waals surface area contributed by atoms with E-state index in [4.69, 9.17) is 0 Å². The first-order valence-electron chi connectivity index (χ1n) is 4.03. The fourth-order valence-corrected chi connectivity index (χ4v) is 2.01. The maximum Gasteiger partial charge on any atom is 0.124 e. The van der Waals surface area contributed by atoms with Crippen LogP contribution in [0.4, 0.5) is 0 Å². The maximum absolute atomic E-state index is 4.47. The summed E-state index contributed by atoms with van der Waals surface area (Å²) in [5, 5.41) is 0. The van der Waals surface area contributed by atoms with Crippen molar-refractivity contribution in [1.82, 2.24) is 0 Å². The molecule has 0 N–H and O–H groups in total. The molecule has 0 aliphatic heterocycles. The van der Waals surface area contributed by atoms with Crippen molar-refractivity contribution in [3.8, 4) is 0 Å². The molecular weight excluding hydrogens is 198 g/mol. The van der Waals surface area contributed by atoms with Gasteiger partial charge in [-0.1, -0.05) is 30.3 Å². The van der Waals surface area contributed by atoms with Gasteiger partial charge in [0.15, 0.2) is 0 Å². The molecule has 0 fully saturated rings. The number of aliphatic imine (C=N–C) groups is 1. The van der Waals surface area contributed by atoms with E-state index in [9.17, 15) is 0 Å². The number of hydrogen-bond donors (Lipinski definition) is 0. The smallest absolute Gasteiger partial charge is 0.124 e. The Morgan fingerprint density at radius 1 is 1.15 bits per heavy atom. The zero-order valence-corrected chi connectivity index (χ0v) is 9.49. The topological polar surface area (TPSA) is 12.4 Å². The summed E-state index contributed by atoms with van der Waals surface area (Å²) in [5.41, 5.74) is 1.27. The third-order valence-corrected chi connectivity index (χ3v) is 3.54. The van der Waals surface area contributed by atoms with E-state index in [1.807, 2.05) is 18.2 Å². The van der Waals surface area contributed by atoms with Crippen molar-refractivity contribution >= 4 is 27.9 Å². The molecular formula is C10H13NS2. The van der Waals surface area contributed by atoms with Gasteiger partial charge in [0.2, 0.25) is 0 Å². The Morgan fingerprint density at radius 3 is 2.31 bits per heavy atom. The van der Waals surface area contributed by atoms with Crippen molar-refractivity contribution < 1.29 is 0 Å². The number of benzene rings is 1. The van der Waals surface area contributed by atoms with E-state index in [1.54, 1.807) is 23.5 Å². The molecule has 0 unspecified atom stereocenters. The van der Waals surface area contributed by atoms with Crippen LogP contribution in [0.2, 0.25) is 0 Å². The van der Waals surface area contributed by atoms with E-state index in [0.29, 0.717) is 0 Å². The van der Waals surface area contributed by atoms with Gasteiger partial charge in [-0.25, -0.2) is 0 Å². The Balaban J connectivity index is 2.55. The van der Waals surface area contributed by atoms with Crippen molar-refractivity contribution in [2.24, 2.45) is 4.99 Å². The summed E-state index contributed by atoms with van der Waals surface area (Å²) < 4.78 is 1.14. The van der Waals surface area contributed by atoms with E-state index in [1.165, 1.54) is 5.56 Å². The summed E-state index contributed by atoms with van der Waals surface area (Å²) in [6.45, 7) is 0.790. The summed E-state index contributed by atoms with van der Waals surface area (Å²) in [6, 6.07) is 10.3. The zero-order chi connectivity index (χ0) is 9.52. The van der Waals surface area contributed by atoms with Gasteiger partial charge in [0, 0.05) is 0 Å². The van der Waals surface area contributed by atoms with Crippen molar-refractivity contribution in [3.05, 3.63) is 35.9 Å². The number of thioether (sulfide) groups is 2. The van der Waals surface area contributed by atoms with Crippen molar-refractivity contribution in [1.29, 1.82) is 0 Å². The first-order chi connectivity index (χ1) is 6.36. The van der Waals surface area contributed by atoms with E-state index in [2.05, 4.69) is 29.6 Å². The standard InChI is InChI=1S/C10H13NS2/c1-12-10(13-2)11-8-9-6-4-3-5-7-9/h3-7H,8H2,1-2H3. The van der Waals surface area contributed by atoms with Gasteiger partial charge in [-0.2, -0.15) is 0 Å². The summed E-state index contributed by atoms with van der Waals surface area (Å²) >= 11 is 3.40. The third kappa shape index (κ3) is 3.87. The molecule has 0 saturated heterocycles. The van der Waals surface area contributed by atoms with Crippen molar-refractivity contribution in [3.63, 3.8) is 0 Å². The van der Waals surface area contributed by atoms with Gasteiger partial charge in [0.05, 0.1) is 6.54 Å². The fourth-order valence-electron chi connectivity index (χ4n) is 0.952. The first kappa shape index (κ1) is 10.7. The molecule has 0 aliphatic carbocycles. The van der Waals surface area contributed by atoms with Crippen LogP contribution in [-0.2, 0) is 6.54 Å². The number of rotatable bonds is 2. The molecule has 3 heteroatoms. The Labute approximate surface area is 88.0 Å². The normalized spacial score (nSPS) is 9.69. The molecule has 0 radical (unpaired) electrons. The van der Waals surface area contributed by atoms with Gasteiger partial charge < -0.3 is 0 Å². The lowest BCUT2D eigenvalue weighted by molar-refractivity contribution is 1.08. The quantitative estimate of drug-likeness (QED) is 0.550. The lowest BCUT2D eigenvalue weighted by Gasteiger charge is -1.98. The summed E-state index contributed by atoms with van der Waals surface area (Å²) in [6.07, 6.45) is 4.11. The molecule has 0 bridgehead atoms. The first-order valence-corrected chi connectivity index (χ1v) is 6.48. The van der Waals surface area contributed by atoms with Gasteiger partial charge >= 0.3 is 0 Å². The highest BCUT2D eigenvalue weighted by molar-refractivity contribution is 8.38. The zero-order valence-electron chi connectivity index (χ0n) is 7.86. The van der Waals surface area contributed by atoms with E-state index >= 15 is 0 Å². The molecule has 1 nitrogen and oxygen atoms in total. The molecule has 0 spiro atoms. The molecule has 0 aliphatic rings. The van der Waals surface area contributed by atoms with E-state index in [-0.39, 0.29) is 0 Å². The Morgan fingerprint density at radius 2 is 1.77 bits per heavy atom.